The lowest BCUT2D eigenvalue weighted by molar-refractivity contribution is 0.0482. The normalized spacial score (nSPS) is 13.3. The third-order valence-corrected chi connectivity index (χ3v) is 4.74. The molecular formula is C20H18N4O4. The second-order valence-corrected chi connectivity index (χ2v) is 6.60. The predicted molar refractivity (Wildman–Crippen MR) is 100.0 cm³/mol. The zero-order chi connectivity index (χ0) is 19.8. The fourth-order valence-electron chi connectivity index (χ4n) is 3.33. The summed E-state index contributed by atoms with van der Waals surface area (Å²) in [4.78, 5) is 42.3. The van der Waals surface area contributed by atoms with Crippen molar-refractivity contribution in [1.29, 1.82) is 0 Å². The van der Waals surface area contributed by atoms with Crippen LogP contribution in [-0.2, 0) is 11.8 Å². The molecule has 0 radical (unpaired) electrons. The molecule has 8 heteroatoms. The monoisotopic (exact) mass is 378 g/mol. The summed E-state index contributed by atoms with van der Waals surface area (Å²) in [6.07, 6.45) is 1.81. The number of rotatable bonds is 5. The molecule has 0 saturated heterocycles. The van der Waals surface area contributed by atoms with Crippen molar-refractivity contribution in [2.75, 3.05) is 13.2 Å². The van der Waals surface area contributed by atoms with E-state index >= 15 is 0 Å². The average molecular weight is 378 g/mol. The summed E-state index contributed by atoms with van der Waals surface area (Å²) in [5.41, 5.74) is 2.64. The van der Waals surface area contributed by atoms with Gasteiger partial charge < -0.3 is 4.74 Å². The molecular weight excluding hydrogens is 360 g/mol. The van der Waals surface area contributed by atoms with E-state index in [-0.39, 0.29) is 25.0 Å². The zero-order valence-corrected chi connectivity index (χ0v) is 15.5. The number of imide groups is 1. The molecule has 0 bridgehead atoms. The van der Waals surface area contributed by atoms with Crippen LogP contribution in [0.1, 0.15) is 43.2 Å². The number of amides is 2. The number of benzene rings is 1. The molecule has 8 nitrogen and oxygen atoms in total. The molecule has 1 aliphatic heterocycles. The quantitative estimate of drug-likeness (QED) is 0.383. The van der Waals surface area contributed by atoms with Gasteiger partial charge in [-0.2, -0.15) is 5.10 Å². The van der Waals surface area contributed by atoms with E-state index in [0.717, 1.165) is 11.1 Å². The molecule has 0 atom stereocenters. The number of ether oxygens (including phenoxy) is 1. The number of esters is 1. The van der Waals surface area contributed by atoms with Gasteiger partial charge in [-0.3, -0.25) is 19.2 Å². The Morgan fingerprint density at radius 1 is 1.14 bits per heavy atom. The summed E-state index contributed by atoms with van der Waals surface area (Å²) < 4.78 is 6.93. The van der Waals surface area contributed by atoms with Gasteiger partial charge in [-0.15, -0.1) is 0 Å². The molecule has 2 amide bonds. The lowest BCUT2D eigenvalue weighted by Crippen LogP contribution is -2.31. The number of carbonyl (C=O) groups excluding carboxylic acids is 3. The topological polar surface area (TPSA) is 94.4 Å². The minimum Gasteiger partial charge on any atom is -0.462 e. The molecule has 1 aromatic carbocycles. The highest BCUT2D eigenvalue weighted by molar-refractivity contribution is 6.21. The van der Waals surface area contributed by atoms with Gasteiger partial charge in [0.1, 0.15) is 0 Å². The number of hydrogen-bond acceptors (Lipinski definition) is 6. The minimum atomic E-state index is -0.500. The summed E-state index contributed by atoms with van der Waals surface area (Å²) in [6.45, 7) is 2.14. The molecule has 28 heavy (non-hydrogen) atoms. The van der Waals surface area contributed by atoms with Gasteiger partial charge in [0.25, 0.3) is 11.8 Å². The molecule has 0 aliphatic carbocycles. The Kier molecular flexibility index (Phi) is 4.38. The van der Waals surface area contributed by atoms with Crippen LogP contribution in [0.5, 0.6) is 0 Å². The van der Waals surface area contributed by atoms with Crippen molar-refractivity contribution >= 4 is 28.8 Å². The van der Waals surface area contributed by atoms with Gasteiger partial charge in [0.05, 0.1) is 29.0 Å². The van der Waals surface area contributed by atoms with Crippen LogP contribution >= 0.6 is 0 Å². The summed E-state index contributed by atoms with van der Waals surface area (Å²) in [5, 5.41) is 5.07. The smallest absolute Gasteiger partial charge is 0.339 e. The Hall–Kier alpha value is -3.55. The largest absolute Gasteiger partial charge is 0.462 e. The number of aromatic nitrogens is 3. The number of aryl methyl sites for hydroxylation is 2. The van der Waals surface area contributed by atoms with E-state index in [9.17, 15) is 14.4 Å². The van der Waals surface area contributed by atoms with Crippen LogP contribution in [0.2, 0.25) is 0 Å². The van der Waals surface area contributed by atoms with E-state index in [1.807, 2.05) is 6.92 Å². The van der Waals surface area contributed by atoms with Gasteiger partial charge in [-0.05, 0) is 31.5 Å². The van der Waals surface area contributed by atoms with E-state index < -0.39 is 5.97 Å². The molecule has 0 N–H and O–H groups in total. The highest BCUT2D eigenvalue weighted by atomic mass is 16.5. The Bertz CT molecular complexity index is 1080. The van der Waals surface area contributed by atoms with Crippen molar-refractivity contribution in [3.63, 3.8) is 0 Å². The van der Waals surface area contributed by atoms with Gasteiger partial charge in [-0.1, -0.05) is 12.1 Å². The van der Waals surface area contributed by atoms with Crippen molar-refractivity contribution in [2.45, 2.75) is 13.3 Å². The molecule has 142 valence electrons. The predicted octanol–water partition coefficient (Wildman–Crippen LogP) is 2.12. The maximum atomic E-state index is 12.3. The van der Waals surface area contributed by atoms with Gasteiger partial charge in [0, 0.05) is 25.2 Å². The van der Waals surface area contributed by atoms with Crippen LogP contribution in [0.4, 0.5) is 0 Å². The standard InChI is InChI=1S/C20H18N4O4/c1-12-16-10-13(11-21-17(16)23(2)22-12)20(27)28-9-5-8-24-18(25)14-6-3-4-7-15(14)19(24)26/h3-4,6-7,10-11H,5,8-9H2,1-2H3. The molecule has 1 aliphatic rings. The first-order valence-electron chi connectivity index (χ1n) is 8.89. The van der Waals surface area contributed by atoms with E-state index in [2.05, 4.69) is 10.1 Å². The maximum Gasteiger partial charge on any atom is 0.339 e. The second-order valence-electron chi connectivity index (χ2n) is 6.60. The van der Waals surface area contributed by atoms with Crippen LogP contribution in [0, 0.1) is 6.92 Å². The Labute approximate surface area is 160 Å². The van der Waals surface area contributed by atoms with Crippen LogP contribution in [0.25, 0.3) is 11.0 Å². The first kappa shape index (κ1) is 17.8. The molecule has 4 rings (SSSR count). The van der Waals surface area contributed by atoms with E-state index in [1.165, 1.54) is 11.1 Å². The van der Waals surface area contributed by atoms with Gasteiger partial charge in [0.15, 0.2) is 5.65 Å². The van der Waals surface area contributed by atoms with Crippen molar-refractivity contribution in [1.82, 2.24) is 19.7 Å². The number of hydrogen-bond donors (Lipinski definition) is 0. The number of pyridine rings is 1. The minimum absolute atomic E-state index is 0.0935. The summed E-state index contributed by atoms with van der Waals surface area (Å²) in [7, 11) is 1.79. The highest BCUT2D eigenvalue weighted by Gasteiger charge is 2.34. The van der Waals surface area contributed by atoms with Crippen LogP contribution in [0.3, 0.4) is 0 Å². The third-order valence-electron chi connectivity index (χ3n) is 4.74. The van der Waals surface area contributed by atoms with Crippen molar-refractivity contribution < 1.29 is 19.1 Å². The van der Waals surface area contributed by atoms with Crippen LogP contribution in [-0.4, -0.2) is 50.6 Å². The highest BCUT2D eigenvalue weighted by Crippen LogP contribution is 2.22. The van der Waals surface area contributed by atoms with E-state index in [4.69, 9.17) is 4.74 Å². The SMILES string of the molecule is Cc1nn(C)c2ncc(C(=O)OCCCN3C(=O)c4ccccc4C3=O)cc12. The van der Waals surface area contributed by atoms with Crippen molar-refractivity contribution in [3.05, 3.63) is 58.9 Å². The van der Waals surface area contributed by atoms with Crippen LogP contribution in [0.15, 0.2) is 36.5 Å². The van der Waals surface area contributed by atoms with Crippen molar-refractivity contribution in [2.24, 2.45) is 7.05 Å². The summed E-state index contributed by atoms with van der Waals surface area (Å²) in [5.74, 6) is -1.12. The lowest BCUT2D eigenvalue weighted by Gasteiger charge is -2.13. The second kappa shape index (κ2) is 6.88. The molecule has 0 fully saturated rings. The number of carbonyl (C=O) groups is 3. The zero-order valence-electron chi connectivity index (χ0n) is 15.5. The fraction of sp³-hybridized carbons (Fsp3) is 0.250. The van der Waals surface area contributed by atoms with E-state index in [0.29, 0.717) is 28.8 Å². The fourth-order valence-corrected chi connectivity index (χ4v) is 3.33. The van der Waals surface area contributed by atoms with Crippen LogP contribution < -0.4 is 0 Å². The molecule has 0 unspecified atom stereocenters. The molecule has 3 heterocycles. The summed E-state index contributed by atoms with van der Waals surface area (Å²) in [6, 6.07) is 8.43. The number of fused-ring (bicyclic) bond motifs is 2. The van der Waals surface area contributed by atoms with Gasteiger partial charge in [0.2, 0.25) is 0 Å². The number of nitrogens with zero attached hydrogens (tertiary/aromatic N) is 4. The first-order valence-corrected chi connectivity index (χ1v) is 8.89. The molecule has 2 aromatic heterocycles. The first-order chi connectivity index (χ1) is 13.5. The summed E-state index contributed by atoms with van der Waals surface area (Å²) >= 11 is 0. The molecule has 3 aromatic rings. The lowest BCUT2D eigenvalue weighted by atomic mass is 10.1. The average Bonchev–Trinajstić information content (AvgIpc) is 3.12. The molecule has 0 saturated carbocycles. The van der Waals surface area contributed by atoms with Crippen molar-refractivity contribution in [3.8, 4) is 0 Å². The maximum absolute atomic E-state index is 12.3. The van der Waals surface area contributed by atoms with Gasteiger partial charge in [-0.25, -0.2) is 9.78 Å². The van der Waals surface area contributed by atoms with Gasteiger partial charge >= 0.3 is 5.97 Å². The third kappa shape index (κ3) is 2.92. The van der Waals surface area contributed by atoms with E-state index in [1.54, 1.807) is 42.1 Å². The molecule has 0 spiro atoms. The Morgan fingerprint density at radius 2 is 1.82 bits per heavy atom. The Morgan fingerprint density at radius 3 is 2.50 bits per heavy atom. The Balaban J connectivity index is 1.35.